The summed E-state index contributed by atoms with van der Waals surface area (Å²) in [5.74, 6) is 0. The predicted molar refractivity (Wildman–Crippen MR) is 62.8 cm³/mol. The molecule has 0 saturated carbocycles. The largest absolute Gasteiger partial charge is 0.450 e. The number of amides is 1. The number of hydrogen-bond donors (Lipinski definition) is 3. The summed E-state index contributed by atoms with van der Waals surface area (Å²) in [6, 6.07) is 6.40. The normalized spacial score (nSPS) is 11.0. The molecule has 0 atom stereocenters. The molecule has 1 aromatic carbocycles. The van der Waals surface area contributed by atoms with Gasteiger partial charge in [-0.25, -0.2) is 4.79 Å². The van der Waals surface area contributed by atoms with Crippen LogP contribution in [-0.2, 0) is 15.5 Å². The van der Waals surface area contributed by atoms with Crippen molar-refractivity contribution in [2.75, 3.05) is 11.9 Å². The number of nitrogens with one attached hydrogen (secondary N) is 1. The van der Waals surface area contributed by atoms with Crippen LogP contribution in [-0.4, -0.2) is 22.5 Å². The van der Waals surface area contributed by atoms with Gasteiger partial charge in [0.2, 0.25) is 0 Å². The SMILES string of the molecule is CCOC(=O)Nc1ccccc1CP(=O)(O)O. The van der Waals surface area contributed by atoms with Crippen LogP contribution in [0.4, 0.5) is 10.5 Å². The smallest absolute Gasteiger partial charge is 0.411 e. The van der Waals surface area contributed by atoms with E-state index in [9.17, 15) is 9.36 Å². The van der Waals surface area contributed by atoms with Crippen LogP contribution in [0.2, 0.25) is 0 Å². The average Bonchev–Trinajstić information content (AvgIpc) is 2.19. The lowest BCUT2D eigenvalue weighted by Gasteiger charge is -2.11. The molecule has 0 aromatic heterocycles. The van der Waals surface area contributed by atoms with Crippen LogP contribution in [0.1, 0.15) is 12.5 Å². The first-order chi connectivity index (χ1) is 7.92. The quantitative estimate of drug-likeness (QED) is 0.718. The zero-order chi connectivity index (χ0) is 12.9. The van der Waals surface area contributed by atoms with Crippen LogP contribution >= 0.6 is 7.60 Å². The van der Waals surface area contributed by atoms with E-state index in [0.29, 0.717) is 11.3 Å². The first-order valence-electron chi connectivity index (χ1n) is 4.98. The maximum Gasteiger partial charge on any atom is 0.411 e. The van der Waals surface area contributed by atoms with Crippen molar-refractivity contribution >= 4 is 19.4 Å². The van der Waals surface area contributed by atoms with Crippen molar-refractivity contribution in [3.05, 3.63) is 29.8 Å². The predicted octanol–water partition coefficient (Wildman–Crippen LogP) is 1.93. The van der Waals surface area contributed by atoms with Gasteiger partial charge in [0, 0.05) is 5.69 Å². The summed E-state index contributed by atoms with van der Waals surface area (Å²) in [6.07, 6.45) is -1.07. The Morgan fingerprint density at radius 1 is 1.41 bits per heavy atom. The topological polar surface area (TPSA) is 95.9 Å². The monoisotopic (exact) mass is 259 g/mol. The van der Waals surface area contributed by atoms with Crippen LogP contribution < -0.4 is 5.32 Å². The minimum atomic E-state index is -4.17. The Labute approximate surface area is 98.8 Å². The van der Waals surface area contributed by atoms with E-state index in [1.165, 1.54) is 0 Å². The molecule has 3 N–H and O–H groups in total. The summed E-state index contributed by atoms with van der Waals surface area (Å²) in [4.78, 5) is 29.0. The fraction of sp³-hybridized carbons (Fsp3) is 0.300. The van der Waals surface area contributed by atoms with E-state index in [0.717, 1.165) is 0 Å². The molecular weight excluding hydrogens is 245 g/mol. The number of carbonyl (C=O) groups excluding carboxylic acids is 1. The van der Waals surface area contributed by atoms with Crippen LogP contribution in [0, 0.1) is 0 Å². The molecule has 6 nitrogen and oxygen atoms in total. The van der Waals surface area contributed by atoms with Crippen molar-refractivity contribution in [1.29, 1.82) is 0 Å². The van der Waals surface area contributed by atoms with Crippen LogP contribution in [0.3, 0.4) is 0 Å². The van der Waals surface area contributed by atoms with E-state index in [2.05, 4.69) is 10.1 Å². The molecule has 0 aliphatic heterocycles. The van der Waals surface area contributed by atoms with Gasteiger partial charge in [-0.1, -0.05) is 18.2 Å². The van der Waals surface area contributed by atoms with Gasteiger partial charge in [0.1, 0.15) is 0 Å². The van der Waals surface area contributed by atoms with Gasteiger partial charge >= 0.3 is 13.7 Å². The Morgan fingerprint density at radius 2 is 2.06 bits per heavy atom. The summed E-state index contributed by atoms with van der Waals surface area (Å²) >= 11 is 0. The van der Waals surface area contributed by atoms with Gasteiger partial charge in [-0.05, 0) is 18.6 Å². The maximum absolute atomic E-state index is 11.2. The number of para-hydroxylation sites is 1. The lowest BCUT2D eigenvalue weighted by molar-refractivity contribution is 0.168. The van der Waals surface area contributed by atoms with Crippen LogP contribution in [0.5, 0.6) is 0 Å². The van der Waals surface area contributed by atoms with E-state index < -0.39 is 19.9 Å². The van der Waals surface area contributed by atoms with Gasteiger partial charge in [-0.2, -0.15) is 0 Å². The van der Waals surface area contributed by atoms with Gasteiger partial charge in [0.05, 0.1) is 12.8 Å². The Bertz CT molecular complexity index is 442. The van der Waals surface area contributed by atoms with Crippen molar-refractivity contribution in [3.63, 3.8) is 0 Å². The van der Waals surface area contributed by atoms with E-state index in [4.69, 9.17) is 9.79 Å². The first kappa shape index (κ1) is 13.7. The average molecular weight is 259 g/mol. The van der Waals surface area contributed by atoms with Gasteiger partial charge in [0.25, 0.3) is 0 Å². The Balaban J connectivity index is 2.85. The molecule has 0 aliphatic rings. The number of hydrogen-bond acceptors (Lipinski definition) is 3. The zero-order valence-electron chi connectivity index (χ0n) is 9.29. The third-order valence-electron chi connectivity index (χ3n) is 1.91. The van der Waals surface area contributed by atoms with Crippen LogP contribution in [0.25, 0.3) is 0 Å². The van der Waals surface area contributed by atoms with Gasteiger partial charge < -0.3 is 14.5 Å². The number of rotatable bonds is 4. The standard InChI is InChI=1S/C10H14NO5P/c1-2-16-10(12)11-9-6-4-3-5-8(9)7-17(13,14)15/h3-6H,2,7H2,1H3,(H,11,12)(H2,13,14,15). The molecule has 1 aromatic rings. The van der Waals surface area contributed by atoms with Crippen molar-refractivity contribution in [3.8, 4) is 0 Å². The number of ether oxygens (including phenoxy) is 1. The lowest BCUT2D eigenvalue weighted by Crippen LogP contribution is -2.14. The molecule has 0 unspecified atom stereocenters. The highest BCUT2D eigenvalue weighted by Gasteiger charge is 2.17. The molecule has 0 bridgehead atoms. The molecular formula is C10H14NO5P. The number of anilines is 1. The molecule has 0 fully saturated rings. The second kappa shape index (κ2) is 5.82. The summed E-state index contributed by atoms with van der Waals surface area (Å²) in [7, 11) is -4.17. The molecule has 1 amide bonds. The summed E-state index contributed by atoms with van der Waals surface area (Å²) < 4.78 is 15.6. The highest BCUT2D eigenvalue weighted by Crippen LogP contribution is 2.40. The van der Waals surface area contributed by atoms with Crippen molar-refractivity contribution in [2.45, 2.75) is 13.1 Å². The third kappa shape index (κ3) is 4.99. The maximum atomic E-state index is 11.2. The molecule has 94 valence electrons. The van der Waals surface area contributed by atoms with Crippen molar-refractivity contribution < 1.29 is 23.9 Å². The second-order valence-electron chi connectivity index (χ2n) is 3.33. The zero-order valence-corrected chi connectivity index (χ0v) is 10.2. The van der Waals surface area contributed by atoms with E-state index in [-0.39, 0.29) is 6.61 Å². The molecule has 17 heavy (non-hydrogen) atoms. The summed E-state index contributed by atoms with van der Waals surface area (Å²) in [5, 5.41) is 2.43. The third-order valence-corrected chi connectivity index (χ3v) is 2.66. The van der Waals surface area contributed by atoms with E-state index >= 15 is 0 Å². The van der Waals surface area contributed by atoms with Gasteiger partial charge in [-0.3, -0.25) is 9.88 Å². The van der Waals surface area contributed by atoms with Crippen LogP contribution in [0.15, 0.2) is 24.3 Å². The highest BCUT2D eigenvalue weighted by molar-refractivity contribution is 7.50. The first-order valence-corrected chi connectivity index (χ1v) is 6.78. The summed E-state index contributed by atoms with van der Waals surface area (Å²) in [5.41, 5.74) is 0.711. The minimum absolute atomic E-state index is 0.229. The molecule has 0 saturated heterocycles. The van der Waals surface area contributed by atoms with E-state index in [1.807, 2.05) is 0 Å². The van der Waals surface area contributed by atoms with Gasteiger partial charge in [0.15, 0.2) is 0 Å². The molecule has 0 radical (unpaired) electrons. The van der Waals surface area contributed by atoms with Crippen molar-refractivity contribution in [1.82, 2.24) is 0 Å². The summed E-state index contributed by atoms with van der Waals surface area (Å²) in [6.45, 7) is 1.90. The van der Waals surface area contributed by atoms with Gasteiger partial charge in [-0.15, -0.1) is 0 Å². The highest BCUT2D eigenvalue weighted by atomic mass is 31.2. The fourth-order valence-corrected chi connectivity index (χ4v) is 2.00. The van der Waals surface area contributed by atoms with E-state index in [1.54, 1.807) is 31.2 Å². The molecule has 1 rings (SSSR count). The molecule has 7 heteroatoms. The second-order valence-corrected chi connectivity index (χ2v) is 4.97. The Kier molecular flexibility index (Phi) is 4.69. The molecule has 0 heterocycles. The Hall–Kier alpha value is -1.36. The minimum Gasteiger partial charge on any atom is -0.450 e. The Morgan fingerprint density at radius 3 is 2.65 bits per heavy atom. The van der Waals surface area contributed by atoms with Crippen molar-refractivity contribution in [2.24, 2.45) is 0 Å². The number of carbonyl (C=O) groups is 1. The lowest BCUT2D eigenvalue weighted by atomic mass is 10.2. The number of benzene rings is 1. The molecule has 0 spiro atoms. The molecule has 0 aliphatic carbocycles. The fourth-order valence-electron chi connectivity index (χ4n) is 1.28.